The van der Waals surface area contributed by atoms with Crippen LogP contribution in [0.2, 0.25) is 0 Å². The Morgan fingerprint density at radius 3 is 1.94 bits per heavy atom. The fraction of sp³-hybridized carbons (Fsp3) is 0.611. The van der Waals surface area contributed by atoms with Crippen LogP contribution in [0.25, 0.3) is 10.9 Å². The number of likely N-dealkylation sites (N-methyl/N-ethyl adjacent to an activating group) is 2. The quantitative estimate of drug-likeness (QED) is 0.0178. The van der Waals surface area contributed by atoms with Gasteiger partial charge in [0.2, 0.25) is 41.4 Å². The average Bonchev–Trinajstić information content (AvgIpc) is 1.69. The smallest absolute Gasteiger partial charge is 0.410 e. The molecule has 0 spiro atoms. The Morgan fingerprint density at radius 2 is 1.32 bits per heavy atom. The molecule has 0 bridgehead atoms. The minimum absolute atomic E-state index is 0.0165. The number of Topliss-reactive ketones (excluding diaryl/α,β-unsaturated/α-hetero) is 2. The van der Waals surface area contributed by atoms with Crippen molar-refractivity contribution >= 4 is 87.2 Å². The Morgan fingerprint density at radius 1 is 0.647 bits per heavy atom. The second kappa shape index (κ2) is 48.5. The fourth-order valence-corrected chi connectivity index (χ4v) is 17.0. The van der Waals surface area contributed by atoms with Gasteiger partial charge in [-0.1, -0.05) is 148 Å². The summed E-state index contributed by atoms with van der Waals surface area (Å²) in [5.74, 6) is -6.31. The van der Waals surface area contributed by atoms with Crippen LogP contribution in [0.1, 0.15) is 173 Å². The highest BCUT2D eigenvalue weighted by Crippen LogP contribution is 2.33. The van der Waals surface area contributed by atoms with Gasteiger partial charge in [-0.3, -0.25) is 58.3 Å². The molecule has 119 heavy (non-hydrogen) atoms. The molecule has 0 unspecified atom stereocenters. The van der Waals surface area contributed by atoms with E-state index < -0.39 is 95.9 Å². The molecular weight excluding hydrogens is 1540 g/mol. The van der Waals surface area contributed by atoms with Gasteiger partial charge < -0.3 is 68.9 Å². The van der Waals surface area contributed by atoms with Crippen molar-refractivity contribution in [3.05, 3.63) is 130 Å². The number of hydrogen-bond donors (Lipinski definition) is 5. The Hall–Kier alpha value is -8.97. The third kappa shape index (κ3) is 28.6. The molecule has 7 rings (SSSR count). The number of hydrazine groups is 1. The largest absolute Gasteiger partial charge is 0.481 e. The standard InChI is InChI=1S/C90H133N11O17S/c1-17-61(8)84(76(114-15)55-80(106)101-41-23-29-74(101)85(115-16)62(9)86(109)93-72(77-30-24-50-119-77)51-64-25-19-18-20-26-64)96(13)89(112)82(59(4)5)94-88(111)83(60(6)7)97(14)90(113)118-57-66-33-31-65(32-34-66)52-75(103)63(10)92-87(110)71(58(2)3)54-70(102)35-36-79(105)100(45-47-117-49-48-116-46-40-81(107)108)68-37-42-98(43-38-68)78(104)39-44-99-69(56-95(12)91-11)53-67-27-21-22-28-73(67)99/h18-22,24-28,30-34,50,53,58-63,68,71-72,74,76,82-85,91H,17,23,29,35-49,51-52,54-57H2,1-16H3,(H,92,110)(H,93,109)(H,94,111)(H,107,108)/t61-,62+,63-,71-,72-,74-,76+,82-,83-,84-,85+/m0/s1. The number of carbonyl (C=O) groups is 11. The minimum atomic E-state index is -1.07. The van der Waals surface area contributed by atoms with E-state index >= 15 is 0 Å². The molecule has 2 aromatic heterocycles. The summed E-state index contributed by atoms with van der Waals surface area (Å²) in [6.45, 7) is 21.3. The summed E-state index contributed by atoms with van der Waals surface area (Å²) in [6, 6.07) is 26.6. The molecule has 2 fully saturated rings. The van der Waals surface area contributed by atoms with Crippen LogP contribution < -0.4 is 21.4 Å². The molecule has 2 saturated heterocycles. The van der Waals surface area contributed by atoms with Gasteiger partial charge in [0.1, 0.15) is 24.5 Å². The molecule has 0 radical (unpaired) electrons. The average molecular weight is 1670 g/mol. The van der Waals surface area contributed by atoms with Crippen molar-refractivity contribution in [2.45, 2.75) is 227 Å². The number of rotatable bonds is 50. The number of methoxy groups -OCH3 is 2. The predicted molar refractivity (Wildman–Crippen MR) is 457 cm³/mol. The predicted octanol–water partition coefficient (Wildman–Crippen LogP) is 10.1. The van der Waals surface area contributed by atoms with Crippen molar-refractivity contribution < 1.29 is 81.5 Å². The van der Waals surface area contributed by atoms with Crippen LogP contribution in [0.15, 0.2) is 102 Å². The third-order valence-corrected chi connectivity index (χ3v) is 24.5. The number of ether oxygens (including phenoxy) is 5. The summed E-state index contributed by atoms with van der Waals surface area (Å²) >= 11 is 1.58. The van der Waals surface area contributed by atoms with Crippen molar-refractivity contribution in [2.24, 2.45) is 35.5 Å². The topological polar surface area (TPSA) is 327 Å². The van der Waals surface area contributed by atoms with E-state index in [1.165, 1.54) is 19.1 Å². The number of hydrogen-bond acceptors (Lipinski definition) is 19. The van der Waals surface area contributed by atoms with Gasteiger partial charge in [0.05, 0.1) is 88.1 Å². The summed E-state index contributed by atoms with van der Waals surface area (Å²) in [7, 11) is 10.0. The Kier molecular flexibility index (Phi) is 39.6. The van der Waals surface area contributed by atoms with Gasteiger partial charge in [0.25, 0.3) is 0 Å². The van der Waals surface area contributed by atoms with E-state index in [4.69, 9.17) is 28.8 Å². The zero-order chi connectivity index (χ0) is 87.2. The van der Waals surface area contributed by atoms with E-state index in [1.807, 2.05) is 132 Å². The number of carboxylic acid groups (broad SMARTS) is 1. The SMILES string of the molecule is CC[C@H](C)[C@@H]([C@@H](CC(=O)N1CCC[C@H]1[C@H](OC)[C@@H](C)C(=O)N[C@@H](Cc1ccccc1)c1cccs1)OC)N(C)C(=O)[C@@H](NC(=O)[C@H](C(C)C)N(C)C(=O)OCc1ccc(CC(=O)[C@H](C)NC(=O)[C@@H](CC(=O)CCC(=O)N(CCOCCOCCC(=O)O)C2CCN(C(=O)CCn3c(CN(C)NC)cc4ccccc43)CC2)C(C)C)cc1)C(C)C. The lowest BCUT2D eigenvalue weighted by Gasteiger charge is -2.41. The zero-order valence-corrected chi connectivity index (χ0v) is 73.8. The highest BCUT2D eigenvalue weighted by atomic mass is 32.1. The van der Waals surface area contributed by atoms with Gasteiger partial charge in [-0.25, -0.2) is 9.80 Å². The number of aryl methyl sites for hydroxylation is 1. The van der Waals surface area contributed by atoms with Crippen LogP contribution >= 0.6 is 11.3 Å². The van der Waals surface area contributed by atoms with Gasteiger partial charge in [-0.05, 0) is 115 Å². The molecule has 29 heteroatoms. The van der Waals surface area contributed by atoms with Crippen molar-refractivity contribution in [1.82, 2.24) is 55.5 Å². The Labute approximate surface area is 707 Å². The summed E-state index contributed by atoms with van der Waals surface area (Å²) in [5, 5.41) is 23.1. The monoisotopic (exact) mass is 1670 g/mol. The lowest BCUT2D eigenvalue weighted by atomic mass is 9.88. The zero-order valence-electron chi connectivity index (χ0n) is 73.0. The van der Waals surface area contributed by atoms with E-state index in [9.17, 15) is 52.7 Å². The molecule has 2 aliphatic rings. The number of fused-ring (bicyclic) bond motifs is 1. The van der Waals surface area contributed by atoms with Crippen molar-refractivity contribution in [2.75, 3.05) is 95.0 Å². The van der Waals surface area contributed by atoms with Crippen LogP contribution in [0.4, 0.5) is 4.79 Å². The number of ketones is 2. The molecular formula is C90H133N11O17S. The first-order chi connectivity index (χ1) is 56.8. The molecule has 8 amide bonds. The molecule has 0 saturated carbocycles. The normalized spacial score (nSPS) is 16.5. The number of amides is 8. The summed E-state index contributed by atoms with van der Waals surface area (Å²) < 4.78 is 31.4. The maximum atomic E-state index is 15.0. The minimum Gasteiger partial charge on any atom is -0.481 e. The van der Waals surface area contributed by atoms with Gasteiger partial charge in [0, 0.05) is 128 Å². The van der Waals surface area contributed by atoms with Crippen molar-refractivity contribution in [3.63, 3.8) is 0 Å². The van der Waals surface area contributed by atoms with Crippen LogP contribution in [-0.4, -0.2) is 248 Å². The van der Waals surface area contributed by atoms with E-state index in [0.29, 0.717) is 88.8 Å². The molecule has 28 nitrogen and oxygen atoms in total. The highest BCUT2D eigenvalue weighted by Gasteiger charge is 2.45. The number of nitrogens with one attached hydrogen (secondary N) is 4. The Balaban J connectivity index is 0.879. The van der Waals surface area contributed by atoms with Gasteiger partial charge in [-0.2, -0.15) is 0 Å². The number of carbonyl (C=O) groups excluding carboxylic acids is 10. The number of likely N-dealkylation sites (tertiary alicyclic amines) is 2. The van der Waals surface area contributed by atoms with E-state index in [-0.39, 0.29) is 137 Å². The number of benzene rings is 3. The third-order valence-electron chi connectivity index (χ3n) is 23.5. The Bertz CT molecular complexity index is 4080. The van der Waals surface area contributed by atoms with Crippen LogP contribution in [0.5, 0.6) is 0 Å². The summed E-state index contributed by atoms with van der Waals surface area (Å²) in [6.07, 6.45) is 1.11. The molecule has 2 aliphatic heterocycles. The summed E-state index contributed by atoms with van der Waals surface area (Å²) in [4.78, 5) is 162. The van der Waals surface area contributed by atoms with E-state index in [2.05, 4.69) is 44.1 Å². The first kappa shape index (κ1) is 97.2. The molecule has 0 aliphatic carbocycles. The van der Waals surface area contributed by atoms with Gasteiger partial charge in [-0.15, -0.1) is 11.3 Å². The van der Waals surface area contributed by atoms with Crippen LogP contribution in [-0.2, 0) is 104 Å². The molecule has 4 heterocycles. The molecule has 5 N–H and O–H groups in total. The maximum Gasteiger partial charge on any atom is 0.410 e. The molecule has 656 valence electrons. The van der Waals surface area contributed by atoms with Crippen LogP contribution in [0, 0.1) is 35.5 Å². The van der Waals surface area contributed by atoms with E-state index in [0.717, 1.165) is 27.0 Å². The maximum absolute atomic E-state index is 15.0. The number of nitrogens with zero attached hydrogens (tertiary/aromatic N) is 7. The molecule has 5 aromatic rings. The van der Waals surface area contributed by atoms with Crippen molar-refractivity contribution in [3.8, 4) is 0 Å². The second-order valence-corrected chi connectivity index (χ2v) is 33.9. The first-order valence-electron chi connectivity index (χ1n) is 42.3. The second-order valence-electron chi connectivity index (χ2n) is 33.0. The van der Waals surface area contributed by atoms with Crippen molar-refractivity contribution in [1.29, 1.82) is 0 Å². The number of piperidine rings is 1. The lowest BCUT2D eigenvalue weighted by Crippen LogP contribution is -2.60. The number of thiophene rings is 1. The highest BCUT2D eigenvalue weighted by molar-refractivity contribution is 7.10. The van der Waals surface area contributed by atoms with Gasteiger partial charge in [0.15, 0.2) is 5.78 Å². The van der Waals surface area contributed by atoms with Gasteiger partial charge >= 0.3 is 12.1 Å². The molecule has 11 atom stereocenters. The molecule has 3 aromatic carbocycles. The fourth-order valence-electron chi connectivity index (χ4n) is 16.2. The number of aromatic nitrogens is 1. The summed E-state index contributed by atoms with van der Waals surface area (Å²) in [5.41, 5.74) is 7.59. The van der Waals surface area contributed by atoms with E-state index in [1.54, 1.807) is 85.2 Å². The van der Waals surface area contributed by atoms with Crippen LogP contribution in [0.3, 0.4) is 0 Å². The first-order valence-corrected chi connectivity index (χ1v) is 43.2. The lowest BCUT2D eigenvalue weighted by molar-refractivity contribution is -0.148. The number of aliphatic carboxylic acids is 1. The number of carboxylic acids is 1. The number of para-hydroxylation sites is 1.